The van der Waals surface area contributed by atoms with Gasteiger partial charge in [-0.05, 0) is 72.7 Å². The number of aryl methyl sites for hydroxylation is 2. The van der Waals surface area contributed by atoms with Crippen LogP contribution < -0.4 is 5.56 Å². The summed E-state index contributed by atoms with van der Waals surface area (Å²) in [7, 11) is -4.38. The third-order valence-corrected chi connectivity index (χ3v) is 8.53. The topological polar surface area (TPSA) is 111 Å². The predicted molar refractivity (Wildman–Crippen MR) is 138 cm³/mol. The van der Waals surface area contributed by atoms with Crippen LogP contribution in [-0.2, 0) is 27.6 Å². The molecule has 190 valence electrons. The first-order valence-electron chi connectivity index (χ1n) is 12.1. The lowest BCUT2D eigenvalue weighted by Gasteiger charge is -2.23. The summed E-state index contributed by atoms with van der Waals surface area (Å²) >= 11 is 0. The van der Waals surface area contributed by atoms with Crippen molar-refractivity contribution in [2.75, 3.05) is 6.61 Å². The van der Waals surface area contributed by atoms with E-state index in [1.807, 2.05) is 44.2 Å². The average molecular weight is 518 g/mol. The molecule has 0 fully saturated rings. The number of nitrogens with zero attached hydrogens (tertiary/aromatic N) is 3. The van der Waals surface area contributed by atoms with Crippen molar-refractivity contribution in [2.45, 2.75) is 49.1 Å². The predicted octanol–water partition coefficient (Wildman–Crippen LogP) is 4.22. The van der Waals surface area contributed by atoms with Crippen LogP contribution in [0.25, 0.3) is 11.1 Å². The van der Waals surface area contributed by atoms with E-state index in [9.17, 15) is 18.3 Å². The van der Waals surface area contributed by atoms with Crippen LogP contribution in [0.4, 0.5) is 0 Å². The summed E-state index contributed by atoms with van der Waals surface area (Å²) in [4.78, 5) is 20.4. The normalized spacial score (nSPS) is 15.0. The lowest BCUT2D eigenvalue weighted by Crippen LogP contribution is -2.27. The van der Waals surface area contributed by atoms with Gasteiger partial charge in [-0.15, -0.1) is 0 Å². The van der Waals surface area contributed by atoms with E-state index >= 15 is 0 Å². The molecule has 4 aromatic rings. The second-order valence-corrected chi connectivity index (χ2v) is 10.9. The summed E-state index contributed by atoms with van der Waals surface area (Å²) in [6.07, 6.45) is 4.80. The minimum absolute atomic E-state index is 0.0295. The summed E-state index contributed by atoms with van der Waals surface area (Å²) in [5.41, 5.74) is 3.74. The Hall–Kier alpha value is -3.82. The van der Waals surface area contributed by atoms with Gasteiger partial charge in [0.15, 0.2) is 4.90 Å². The van der Waals surface area contributed by atoms with Crippen LogP contribution in [0, 0.1) is 6.92 Å². The Balaban J connectivity index is 1.63. The van der Waals surface area contributed by atoms with Gasteiger partial charge in [-0.3, -0.25) is 14.3 Å². The van der Waals surface area contributed by atoms with Gasteiger partial charge >= 0.3 is 0 Å². The fourth-order valence-corrected chi connectivity index (χ4v) is 6.28. The van der Waals surface area contributed by atoms with E-state index in [2.05, 4.69) is 9.97 Å². The minimum Gasteiger partial charge on any atom is -0.493 e. The Kier molecular flexibility index (Phi) is 6.66. The van der Waals surface area contributed by atoms with Crippen LogP contribution in [0.1, 0.15) is 41.9 Å². The smallest absolute Gasteiger partial charge is 0.296 e. The summed E-state index contributed by atoms with van der Waals surface area (Å²) in [5, 5.41) is 11.4. The molecule has 0 amide bonds. The van der Waals surface area contributed by atoms with Gasteiger partial charge < -0.3 is 9.84 Å². The van der Waals surface area contributed by atoms with Crippen molar-refractivity contribution in [1.82, 2.24) is 14.5 Å². The number of aromatic hydroxyl groups is 1. The number of rotatable bonds is 7. The fourth-order valence-electron chi connectivity index (χ4n) is 4.94. The number of hydrogen-bond acceptors (Lipinski definition) is 7. The van der Waals surface area contributed by atoms with Gasteiger partial charge in [-0.1, -0.05) is 36.4 Å². The van der Waals surface area contributed by atoms with Crippen molar-refractivity contribution in [3.63, 3.8) is 0 Å². The molecule has 37 heavy (non-hydrogen) atoms. The molecule has 0 saturated heterocycles. The van der Waals surface area contributed by atoms with Gasteiger partial charge in [-0.2, -0.15) is 4.98 Å². The van der Waals surface area contributed by atoms with Crippen LogP contribution in [0.2, 0.25) is 0 Å². The van der Waals surface area contributed by atoms with Crippen molar-refractivity contribution in [1.29, 1.82) is 0 Å². The van der Waals surface area contributed by atoms with Crippen LogP contribution in [-0.4, -0.2) is 34.7 Å². The summed E-state index contributed by atoms with van der Waals surface area (Å²) in [5.74, 6) is -0.432. The van der Waals surface area contributed by atoms with E-state index in [4.69, 9.17) is 4.74 Å². The van der Waals surface area contributed by atoms with Crippen LogP contribution in [0.15, 0.2) is 81.6 Å². The quantitative estimate of drug-likeness (QED) is 0.391. The highest BCUT2D eigenvalue weighted by molar-refractivity contribution is 7.91. The van der Waals surface area contributed by atoms with Gasteiger partial charge in [-0.25, -0.2) is 8.42 Å². The van der Waals surface area contributed by atoms with E-state index in [-0.39, 0.29) is 23.4 Å². The average Bonchev–Trinajstić information content (AvgIpc) is 3.31. The molecule has 1 aliphatic carbocycles. The van der Waals surface area contributed by atoms with Gasteiger partial charge in [0.2, 0.25) is 15.7 Å². The third-order valence-electron chi connectivity index (χ3n) is 6.75. The molecular weight excluding hydrogens is 490 g/mol. The molecule has 5 rings (SSSR count). The molecule has 8 nitrogen and oxygen atoms in total. The minimum atomic E-state index is -4.38. The van der Waals surface area contributed by atoms with Crippen LogP contribution in [0.5, 0.6) is 5.88 Å². The lowest BCUT2D eigenvalue weighted by molar-refractivity contribution is 0.121. The summed E-state index contributed by atoms with van der Waals surface area (Å²) in [6, 6.07) is 15.5. The maximum absolute atomic E-state index is 13.7. The zero-order valence-electron chi connectivity index (χ0n) is 20.6. The zero-order valence-corrected chi connectivity index (χ0v) is 21.4. The second-order valence-electron chi connectivity index (χ2n) is 8.96. The van der Waals surface area contributed by atoms with Crippen molar-refractivity contribution < 1.29 is 18.3 Å². The monoisotopic (exact) mass is 517 g/mol. The zero-order chi connectivity index (χ0) is 26.2. The molecule has 0 spiro atoms. The highest BCUT2D eigenvalue weighted by Gasteiger charge is 2.34. The first kappa shape index (κ1) is 24.9. The Morgan fingerprint density at radius 1 is 1.11 bits per heavy atom. The SMILES string of the molecule is CCOCc1nc(=O)c(S(=O)(=O)c2ccc(-c3ccncc3C)cc2)c(O)n1[C@H]1CCc2ccccc21. The summed E-state index contributed by atoms with van der Waals surface area (Å²) in [6.45, 7) is 4.08. The molecule has 0 saturated carbocycles. The molecule has 9 heteroatoms. The molecular formula is C28H27N3O5S. The van der Waals surface area contributed by atoms with E-state index in [1.165, 1.54) is 16.7 Å². The molecule has 1 N–H and O–H groups in total. The molecule has 2 aromatic heterocycles. The fraction of sp³-hybridized carbons (Fsp3) is 0.250. The van der Waals surface area contributed by atoms with E-state index in [1.54, 1.807) is 24.5 Å². The van der Waals surface area contributed by atoms with E-state index < -0.39 is 26.2 Å². The Morgan fingerprint density at radius 3 is 2.59 bits per heavy atom. The summed E-state index contributed by atoms with van der Waals surface area (Å²) < 4.78 is 34.3. The molecule has 0 bridgehead atoms. The standard InChI is InChI=1S/C28H27N3O5S/c1-3-36-17-25-30-27(32)26(28(33)31(25)24-13-10-19-6-4-5-7-23(19)24)37(34,35)21-11-8-20(9-12-21)22-14-15-29-16-18(22)2/h4-9,11-12,14-16,24,33H,3,10,13,17H2,1-2H3/t24-/m0/s1. The maximum atomic E-state index is 13.7. The Morgan fingerprint density at radius 2 is 1.86 bits per heavy atom. The van der Waals surface area contributed by atoms with Crippen molar-refractivity contribution in [3.8, 4) is 17.0 Å². The number of pyridine rings is 1. The maximum Gasteiger partial charge on any atom is 0.296 e. The molecule has 0 radical (unpaired) electrons. The van der Waals surface area contributed by atoms with Crippen molar-refractivity contribution in [3.05, 3.63) is 99.9 Å². The largest absolute Gasteiger partial charge is 0.493 e. The molecule has 2 aromatic carbocycles. The van der Waals surface area contributed by atoms with Crippen molar-refractivity contribution >= 4 is 9.84 Å². The first-order valence-corrected chi connectivity index (χ1v) is 13.6. The van der Waals surface area contributed by atoms with Gasteiger partial charge in [0.25, 0.3) is 5.56 Å². The number of sulfone groups is 1. The Labute approximate surface area is 215 Å². The molecule has 2 heterocycles. The van der Waals surface area contributed by atoms with Crippen LogP contribution >= 0.6 is 0 Å². The third kappa shape index (κ3) is 4.45. The highest BCUT2D eigenvalue weighted by atomic mass is 32.2. The number of ether oxygens (including phenoxy) is 1. The molecule has 1 atom stereocenters. The van der Waals surface area contributed by atoms with Gasteiger partial charge in [0.1, 0.15) is 12.4 Å². The van der Waals surface area contributed by atoms with E-state index in [0.29, 0.717) is 13.0 Å². The second kappa shape index (κ2) is 9.91. The number of aromatic nitrogens is 3. The number of benzene rings is 2. The number of hydrogen-bond donors (Lipinski definition) is 1. The van der Waals surface area contributed by atoms with Gasteiger partial charge in [0, 0.05) is 19.0 Å². The van der Waals surface area contributed by atoms with Gasteiger partial charge in [0.05, 0.1) is 10.9 Å². The molecule has 0 unspecified atom stereocenters. The van der Waals surface area contributed by atoms with Crippen molar-refractivity contribution in [2.24, 2.45) is 0 Å². The molecule has 0 aliphatic heterocycles. The molecule has 1 aliphatic rings. The highest BCUT2D eigenvalue weighted by Crippen LogP contribution is 2.39. The lowest BCUT2D eigenvalue weighted by atomic mass is 10.0. The van der Waals surface area contributed by atoms with Crippen LogP contribution in [0.3, 0.4) is 0 Å². The van der Waals surface area contributed by atoms with E-state index in [0.717, 1.165) is 34.2 Å². The first-order chi connectivity index (χ1) is 17.8. The Bertz CT molecular complexity index is 1630. The number of fused-ring (bicyclic) bond motifs is 1.